The Bertz CT molecular complexity index is 990. The van der Waals surface area contributed by atoms with Gasteiger partial charge in [0.05, 0.1) is 38.2 Å². The largest absolute Gasteiger partial charge is 0.464 e. The second-order valence-corrected chi connectivity index (χ2v) is 6.95. The monoisotopic (exact) mass is 416 g/mol. The number of H-pyrrole nitrogens is 1. The van der Waals surface area contributed by atoms with Crippen molar-refractivity contribution in [1.29, 1.82) is 0 Å². The van der Waals surface area contributed by atoms with Crippen LogP contribution in [0.3, 0.4) is 0 Å². The van der Waals surface area contributed by atoms with Gasteiger partial charge < -0.3 is 30.1 Å². The molecule has 9 heteroatoms. The Kier molecular flexibility index (Phi) is 6.78. The molecule has 1 saturated carbocycles. The Labute approximate surface area is 172 Å². The number of hydrogen-bond acceptors (Lipinski definition) is 8. The molecule has 1 aliphatic rings. The normalized spacial score (nSPS) is 13.8. The first-order chi connectivity index (χ1) is 14.5. The summed E-state index contributed by atoms with van der Waals surface area (Å²) in [5, 5.41) is 38.5. The van der Waals surface area contributed by atoms with E-state index in [0.717, 1.165) is 0 Å². The molecule has 3 rings (SSSR count). The predicted octanol–water partition coefficient (Wildman–Crippen LogP) is 0.907. The minimum atomic E-state index is -0.733. The van der Waals surface area contributed by atoms with E-state index in [1.54, 1.807) is 12.1 Å². The van der Waals surface area contributed by atoms with E-state index in [9.17, 15) is 24.9 Å². The summed E-state index contributed by atoms with van der Waals surface area (Å²) in [6.07, 6.45) is 2.72. The Morgan fingerprint density at radius 3 is 2.37 bits per heavy atom. The quantitative estimate of drug-likeness (QED) is 0.231. The number of aliphatic imine (C=N–C) groups is 1. The van der Waals surface area contributed by atoms with Gasteiger partial charge >= 0.3 is 5.97 Å². The number of carbonyl (C=O) groups excluding carboxylic acids is 2. The molecule has 0 atom stereocenters. The zero-order chi connectivity index (χ0) is 21.8. The summed E-state index contributed by atoms with van der Waals surface area (Å²) in [5.41, 5.74) is 2.21. The number of methoxy groups -OCH3 is 1. The number of carbonyl (C=O) groups is 2. The maximum absolute atomic E-state index is 13.1. The van der Waals surface area contributed by atoms with Gasteiger partial charge in [0.15, 0.2) is 5.78 Å². The van der Waals surface area contributed by atoms with Gasteiger partial charge in [-0.1, -0.05) is 12.1 Å². The Morgan fingerprint density at radius 2 is 1.83 bits per heavy atom. The van der Waals surface area contributed by atoms with Crippen LogP contribution in [0.25, 0.3) is 11.1 Å². The van der Waals surface area contributed by atoms with Crippen LogP contribution in [-0.2, 0) is 24.6 Å². The number of hydrogen-bond donors (Lipinski definition) is 5. The summed E-state index contributed by atoms with van der Waals surface area (Å²) in [6.45, 7) is -1.74. The number of ketones is 1. The highest BCUT2D eigenvalue weighted by atomic mass is 16.5. The van der Waals surface area contributed by atoms with Crippen LogP contribution >= 0.6 is 0 Å². The molecule has 9 nitrogen and oxygen atoms in total. The summed E-state index contributed by atoms with van der Waals surface area (Å²) in [7, 11) is 1.20. The molecule has 1 fully saturated rings. The number of ether oxygens (including phenoxy) is 1. The number of esters is 1. The highest BCUT2D eigenvalue weighted by Gasteiger charge is 2.37. The lowest BCUT2D eigenvalue weighted by Gasteiger charge is -2.16. The van der Waals surface area contributed by atoms with E-state index in [2.05, 4.69) is 9.98 Å². The second-order valence-electron chi connectivity index (χ2n) is 6.95. The van der Waals surface area contributed by atoms with Crippen LogP contribution in [0.1, 0.15) is 56.1 Å². The highest BCUT2D eigenvalue weighted by molar-refractivity contribution is 6.15. The molecular formula is C21H24N2O7. The number of benzene rings is 1. The third-order valence-corrected chi connectivity index (χ3v) is 5.20. The fourth-order valence-electron chi connectivity index (χ4n) is 3.58. The number of aromatic nitrogens is 1. The highest BCUT2D eigenvalue weighted by Crippen LogP contribution is 2.41. The predicted molar refractivity (Wildman–Crippen MR) is 107 cm³/mol. The summed E-state index contributed by atoms with van der Waals surface area (Å²) in [5.74, 6) is -1.17. The molecule has 0 saturated heterocycles. The first-order valence-electron chi connectivity index (χ1n) is 9.48. The molecular weight excluding hydrogens is 392 g/mol. The van der Waals surface area contributed by atoms with E-state index in [4.69, 9.17) is 9.84 Å². The van der Waals surface area contributed by atoms with E-state index >= 15 is 0 Å². The number of Topliss-reactive ketones (excluding diaryl/α,β-unsaturated/α-hetero) is 1. The maximum atomic E-state index is 13.1. The minimum Gasteiger partial charge on any atom is -0.464 e. The Balaban J connectivity index is 2.37. The van der Waals surface area contributed by atoms with Crippen LogP contribution in [0.5, 0.6) is 0 Å². The third kappa shape index (κ3) is 3.92. The average molecular weight is 416 g/mol. The van der Waals surface area contributed by atoms with Crippen molar-refractivity contribution in [3.8, 4) is 11.1 Å². The number of aromatic amines is 1. The van der Waals surface area contributed by atoms with Gasteiger partial charge in [0.2, 0.25) is 0 Å². The van der Waals surface area contributed by atoms with Crippen molar-refractivity contribution in [2.45, 2.75) is 32.7 Å². The first-order valence-corrected chi connectivity index (χ1v) is 9.48. The molecule has 1 aromatic carbocycles. The van der Waals surface area contributed by atoms with Crippen molar-refractivity contribution in [2.75, 3.05) is 13.8 Å². The van der Waals surface area contributed by atoms with Gasteiger partial charge in [-0.25, -0.2) is 4.79 Å². The summed E-state index contributed by atoms with van der Waals surface area (Å²) in [6, 6.07) is 3.20. The van der Waals surface area contributed by atoms with Gasteiger partial charge in [0, 0.05) is 17.7 Å². The van der Waals surface area contributed by atoms with E-state index < -0.39 is 25.9 Å². The SMILES string of the molecule is COC(=O)c1[nH]c(/C=N/CO)c(-c2ccc(CO)c(CO)c2CO)c1C(=O)C1CC1. The fourth-order valence-corrected chi connectivity index (χ4v) is 3.58. The van der Waals surface area contributed by atoms with Crippen LogP contribution in [0, 0.1) is 5.92 Å². The second kappa shape index (κ2) is 9.31. The zero-order valence-corrected chi connectivity index (χ0v) is 16.5. The molecule has 30 heavy (non-hydrogen) atoms. The Morgan fingerprint density at radius 1 is 1.13 bits per heavy atom. The molecule has 0 radical (unpaired) electrons. The molecule has 0 aliphatic heterocycles. The number of rotatable bonds is 9. The average Bonchev–Trinajstić information content (AvgIpc) is 3.56. The molecule has 1 heterocycles. The van der Waals surface area contributed by atoms with Crippen molar-refractivity contribution in [3.63, 3.8) is 0 Å². The number of nitrogens with zero attached hydrogens (tertiary/aromatic N) is 1. The topological polar surface area (TPSA) is 152 Å². The van der Waals surface area contributed by atoms with Crippen molar-refractivity contribution >= 4 is 18.0 Å². The molecule has 0 amide bonds. The van der Waals surface area contributed by atoms with Crippen LogP contribution in [-0.4, -0.2) is 57.2 Å². The smallest absolute Gasteiger partial charge is 0.355 e. The van der Waals surface area contributed by atoms with Gasteiger partial charge in [-0.3, -0.25) is 9.79 Å². The van der Waals surface area contributed by atoms with Gasteiger partial charge in [0.25, 0.3) is 0 Å². The van der Waals surface area contributed by atoms with Crippen LogP contribution in [0.2, 0.25) is 0 Å². The van der Waals surface area contributed by atoms with E-state index in [-0.39, 0.29) is 35.3 Å². The summed E-state index contributed by atoms with van der Waals surface area (Å²) >= 11 is 0. The Hall–Kier alpha value is -2.85. The number of aliphatic hydroxyl groups is 4. The van der Waals surface area contributed by atoms with E-state index in [1.165, 1.54) is 13.3 Å². The maximum Gasteiger partial charge on any atom is 0.355 e. The standard InChI is InChI=1S/C21H24N2O7/c1-30-21(29)19-18(20(28)11-2-3-11)17(16(23-19)6-22-10-27)13-5-4-12(7-24)14(8-25)15(13)9-26/h4-6,11,23-27H,2-3,7-10H2,1H3/b22-6+. The summed E-state index contributed by atoms with van der Waals surface area (Å²) in [4.78, 5) is 32.2. The van der Waals surface area contributed by atoms with E-state index in [0.29, 0.717) is 40.7 Å². The molecule has 0 bridgehead atoms. The molecule has 5 N–H and O–H groups in total. The third-order valence-electron chi connectivity index (χ3n) is 5.20. The van der Waals surface area contributed by atoms with Crippen molar-refractivity contribution in [2.24, 2.45) is 10.9 Å². The molecule has 1 aliphatic carbocycles. The lowest BCUT2D eigenvalue weighted by molar-refractivity contribution is 0.0590. The van der Waals surface area contributed by atoms with E-state index in [1.807, 2.05) is 0 Å². The number of aliphatic hydroxyl groups excluding tert-OH is 4. The lowest BCUT2D eigenvalue weighted by atomic mass is 9.88. The van der Waals surface area contributed by atoms with Gasteiger partial charge in [-0.2, -0.15) is 0 Å². The molecule has 160 valence electrons. The van der Waals surface area contributed by atoms with Crippen LogP contribution < -0.4 is 0 Å². The van der Waals surface area contributed by atoms with Crippen molar-refractivity contribution in [3.05, 3.63) is 45.8 Å². The lowest BCUT2D eigenvalue weighted by Crippen LogP contribution is -2.12. The van der Waals surface area contributed by atoms with Gasteiger partial charge in [0.1, 0.15) is 12.4 Å². The zero-order valence-electron chi connectivity index (χ0n) is 16.5. The number of nitrogens with one attached hydrogen (secondary N) is 1. The van der Waals surface area contributed by atoms with Crippen molar-refractivity contribution in [1.82, 2.24) is 4.98 Å². The van der Waals surface area contributed by atoms with Crippen molar-refractivity contribution < 1.29 is 34.8 Å². The first kappa shape index (κ1) is 21.8. The molecule has 1 aromatic heterocycles. The van der Waals surface area contributed by atoms with Gasteiger partial charge in [-0.05, 0) is 35.1 Å². The van der Waals surface area contributed by atoms with Crippen LogP contribution in [0.15, 0.2) is 17.1 Å². The fraction of sp³-hybridized carbons (Fsp3) is 0.381. The van der Waals surface area contributed by atoms with Crippen LogP contribution in [0.4, 0.5) is 0 Å². The molecule has 0 unspecified atom stereocenters. The van der Waals surface area contributed by atoms with Gasteiger partial charge in [-0.15, -0.1) is 0 Å². The summed E-state index contributed by atoms with van der Waals surface area (Å²) < 4.78 is 4.84. The molecule has 0 spiro atoms. The minimum absolute atomic E-state index is 0.0375. The molecule has 2 aromatic rings.